The van der Waals surface area contributed by atoms with Crippen LogP contribution >= 0.6 is 0 Å². The molecule has 18 heavy (non-hydrogen) atoms. The normalized spacial score (nSPS) is 21.2. The van der Waals surface area contributed by atoms with Crippen molar-refractivity contribution in [2.24, 2.45) is 11.8 Å². The highest BCUT2D eigenvalue weighted by atomic mass is 19.1. The Morgan fingerprint density at radius 1 is 1.22 bits per heavy atom. The summed E-state index contributed by atoms with van der Waals surface area (Å²) in [4.78, 5) is 0. The lowest BCUT2D eigenvalue weighted by Gasteiger charge is -2.05. The first kappa shape index (κ1) is 15.2. The molecule has 0 amide bonds. The van der Waals surface area contributed by atoms with E-state index in [1.807, 2.05) is 19.9 Å². The van der Waals surface area contributed by atoms with Gasteiger partial charge in [0.2, 0.25) is 0 Å². The first-order chi connectivity index (χ1) is 8.70. The maximum Gasteiger partial charge on any atom is 0.123 e. The van der Waals surface area contributed by atoms with Gasteiger partial charge in [0, 0.05) is 0 Å². The molecule has 1 aliphatic rings. The predicted octanol–water partition coefficient (Wildman–Crippen LogP) is 5.53. The van der Waals surface area contributed by atoms with Gasteiger partial charge in [-0.1, -0.05) is 33.3 Å². The fraction of sp³-hybridized carbons (Fsp3) is 0.647. The Hall–Kier alpha value is -0.850. The van der Waals surface area contributed by atoms with Crippen molar-refractivity contribution in [3.63, 3.8) is 0 Å². The molecule has 0 aromatic heterocycles. The van der Waals surface area contributed by atoms with Crippen molar-refractivity contribution in [3.8, 4) is 0 Å². The van der Waals surface area contributed by atoms with Crippen LogP contribution in [-0.4, -0.2) is 0 Å². The highest BCUT2D eigenvalue weighted by Crippen LogP contribution is 2.44. The van der Waals surface area contributed by atoms with Crippen LogP contribution in [0.1, 0.15) is 57.6 Å². The third-order valence-electron chi connectivity index (χ3n) is 3.93. The minimum Gasteiger partial charge on any atom is -0.207 e. The summed E-state index contributed by atoms with van der Waals surface area (Å²) in [5.41, 5.74) is 2.41. The molecule has 0 saturated heterocycles. The monoisotopic (exact) mass is 250 g/mol. The minimum absolute atomic E-state index is 0.0987. The lowest BCUT2D eigenvalue weighted by Crippen LogP contribution is -1.92. The zero-order chi connectivity index (χ0) is 13.5. The molecule has 0 heterocycles. The van der Waals surface area contributed by atoms with Gasteiger partial charge in [0.15, 0.2) is 0 Å². The van der Waals surface area contributed by atoms with Gasteiger partial charge in [0.1, 0.15) is 5.82 Å². The number of aryl methyl sites for hydroxylation is 2. The van der Waals surface area contributed by atoms with E-state index >= 15 is 0 Å². The van der Waals surface area contributed by atoms with E-state index in [0.717, 1.165) is 18.3 Å². The molecule has 2 unspecified atom stereocenters. The van der Waals surface area contributed by atoms with E-state index in [4.69, 9.17) is 0 Å². The van der Waals surface area contributed by atoms with E-state index in [-0.39, 0.29) is 5.82 Å². The van der Waals surface area contributed by atoms with Crippen LogP contribution in [-0.2, 0) is 6.42 Å². The third-order valence-corrected chi connectivity index (χ3v) is 3.93. The lowest BCUT2D eigenvalue weighted by atomic mass is 10.0. The van der Waals surface area contributed by atoms with Gasteiger partial charge in [0.25, 0.3) is 0 Å². The van der Waals surface area contributed by atoms with Crippen LogP contribution in [0.25, 0.3) is 0 Å². The van der Waals surface area contributed by atoms with Crippen molar-refractivity contribution in [1.82, 2.24) is 0 Å². The summed E-state index contributed by atoms with van der Waals surface area (Å²) in [6, 6.07) is 5.13. The second kappa shape index (κ2) is 7.56. The summed E-state index contributed by atoms with van der Waals surface area (Å²) in [5.74, 6) is 1.87. The van der Waals surface area contributed by atoms with Gasteiger partial charge in [-0.15, -0.1) is 0 Å². The molecule has 1 heteroatoms. The van der Waals surface area contributed by atoms with Gasteiger partial charge >= 0.3 is 0 Å². The number of hydrogen-bond donors (Lipinski definition) is 0. The van der Waals surface area contributed by atoms with Crippen LogP contribution in [0.2, 0.25) is 0 Å². The topological polar surface area (TPSA) is 0 Å². The molecule has 0 spiro atoms. The molecule has 0 bridgehead atoms. The molecule has 1 aliphatic carbocycles. The van der Waals surface area contributed by atoms with Gasteiger partial charge in [0.05, 0.1) is 0 Å². The largest absolute Gasteiger partial charge is 0.207 e. The number of halogens is 1. The molecule has 1 fully saturated rings. The van der Waals surface area contributed by atoms with Crippen molar-refractivity contribution in [1.29, 1.82) is 0 Å². The van der Waals surface area contributed by atoms with Crippen LogP contribution in [0.3, 0.4) is 0 Å². The Morgan fingerprint density at radius 3 is 2.56 bits per heavy atom. The van der Waals surface area contributed by atoms with Crippen LogP contribution in [0.15, 0.2) is 18.2 Å². The summed E-state index contributed by atoms with van der Waals surface area (Å²) in [7, 11) is 0. The third kappa shape index (κ3) is 4.44. The molecule has 0 radical (unpaired) electrons. The molecular weight excluding hydrogens is 223 g/mol. The Bertz CT molecular complexity index is 357. The second-order valence-corrected chi connectivity index (χ2v) is 5.13. The van der Waals surface area contributed by atoms with E-state index in [1.54, 1.807) is 12.1 Å². The average Bonchev–Trinajstić information content (AvgIpc) is 3.15. The van der Waals surface area contributed by atoms with Crippen molar-refractivity contribution in [3.05, 3.63) is 35.1 Å². The summed E-state index contributed by atoms with van der Waals surface area (Å²) in [6.07, 6.45) is 6.35. The zero-order valence-electron chi connectivity index (χ0n) is 12.3. The molecule has 2 atom stereocenters. The lowest BCUT2D eigenvalue weighted by molar-refractivity contribution is 0.595. The average molecular weight is 250 g/mol. The van der Waals surface area contributed by atoms with Crippen LogP contribution in [0, 0.1) is 24.6 Å². The molecule has 0 nitrogen and oxygen atoms in total. The Balaban J connectivity index is 0.000000771. The molecule has 1 aromatic rings. The summed E-state index contributed by atoms with van der Waals surface area (Å²) < 4.78 is 13.1. The molecule has 2 rings (SSSR count). The first-order valence-corrected chi connectivity index (χ1v) is 7.45. The minimum atomic E-state index is -0.0987. The van der Waals surface area contributed by atoms with E-state index in [1.165, 1.54) is 36.8 Å². The first-order valence-electron chi connectivity index (χ1n) is 7.45. The SMILES string of the molecule is CC.CCC1CC1CCCc1cc(F)ccc1C. The highest BCUT2D eigenvalue weighted by Gasteiger charge is 2.33. The number of hydrogen-bond acceptors (Lipinski definition) is 0. The Morgan fingerprint density at radius 2 is 1.94 bits per heavy atom. The molecule has 1 aromatic carbocycles. The highest BCUT2D eigenvalue weighted by molar-refractivity contribution is 5.26. The molecule has 1 saturated carbocycles. The maximum absolute atomic E-state index is 13.1. The summed E-state index contributed by atoms with van der Waals surface area (Å²) in [6.45, 7) is 8.35. The van der Waals surface area contributed by atoms with Gasteiger partial charge < -0.3 is 0 Å². The summed E-state index contributed by atoms with van der Waals surface area (Å²) in [5, 5.41) is 0. The van der Waals surface area contributed by atoms with Crippen molar-refractivity contribution in [2.45, 2.75) is 59.8 Å². The van der Waals surface area contributed by atoms with Gasteiger partial charge in [-0.25, -0.2) is 4.39 Å². The van der Waals surface area contributed by atoms with E-state index in [2.05, 4.69) is 13.8 Å². The van der Waals surface area contributed by atoms with Crippen LogP contribution < -0.4 is 0 Å². The quantitative estimate of drug-likeness (QED) is 0.644. The molecular formula is C17H27F. The van der Waals surface area contributed by atoms with Crippen molar-refractivity contribution >= 4 is 0 Å². The van der Waals surface area contributed by atoms with Crippen molar-refractivity contribution in [2.75, 3.05) is 0 Å². The van der Waals surface area contributed by atoms with Crippen molar-refractivity contribution < 1.29 is 4.39 Å². The molecule has 0 N–H and O–H groups in total. The Labute approximate surface area is 112 Å². The molecule has 102 valence electrons. The van der Waals surface area contributed by atoms with E-state index < -0.39 is 0 Å². The zero-order valence-corrected chi connectivity index (χ0v) is 12.3. The van der Waals surface area contributed by atoms with Crippen LogP contribution in [0.4, 0.5) is 4.39 Å². The fourth-order valence-corrected chi connectivity index (χ4v) is 2.63. The van der Waals surface area contributed by atoms with E-state index in [9.17, 15) is 4.39 Å². The summed E-state index contributed by atoms with van der Waals surface area (Å²) >= 11 is 0. The second-order valence-electron chi connectivity index (χ2n) is 5.13. The van der Waals surface area contributed by atoms with Gasteiger partial charge in [-0.3, -0.25) is 0 Å². The fourth-order valence-electron chi connectivity index (χ4n) is 2.63. The smallest absolute Gasteiger partial charge is 0.123 e. The molecule has 0 aliphatic heterocycles. The predicted molar refractivity (Wildman–Crippen MR) is 77.3 cm³/mol. The maximum atomic E-state index is 13.1. The number of benzene rings is 1. The van der Waals surface area contributed by atoms with Gasteiger partial charge in [-0.2, -0.15) is 0 Å². The van der Waals surface area contributed by atoms with Crippen LogP contribution in [0.5, 0.6) is 0 Å². The van der Waals surface area contributed by atoms with E-state index in [0.29, 0.717) is 0 Å². The Kier molecular flexibility index (Phi) is 6.38. The van der Waals surface area contributed by atoms with Gasteiger partial charge in [-0.05, 0) is 67.7 Å². The standard InChI is InChI=1S/C15H21F.C2H6/c1-3-12-9-14(12)6-4-5-13-10-15(16)8-7-11(13)2;1-2/h7-8,10,12,14H,3-6,9H2,1-2H3;1-2H3. The number of rotatable bonds is 5.